The first-order valence-corrected chi connectivity index (χ1v) is 11.6. The number of carbonyl (C=O) groups is 1. The van der Waals surface area contributed by atoms with Crippen LogP contribution in [-0.2, 0) is 11.3 Å². The normalized spacial score (nSPS) is 22.9. The molecule has 2 aromatic carbocycles. The molecule has 0 radical (unpaired) electrons. The minimum Gasteiger partial charge on any atom is -0.497 e. The Hall–Kier alpha value is -3.10. The highest BCUT2D eigenvalue weighted by Crippen LogP contribution is 2.40. The van der Waals surface area contributed by atoms with Gasteiger partial charge in [0, 0.05) is 43.3 Å². The lowest BCUT2D eigenvalue weighted by molar-refractivity contribution is -0.117. The minimum absolute atomic E-state index is 0.0562. The zero-order valence-electron chi connectivity index (χ0n) is 19.0. The molecule has 2 saturated heterocycles. The Balaban J connectivity index is 1.30. The number of hydrogen-bond donors (Lipinski definition) is 2. The van der Waals surface area contributed by atoms with Crippen molar-refractivity contribution in [2.45, 2.75) is 31.8 Å². The smallest absolute Gasteiger partial charge is 0.419 e. The Bertz CT molecular complexity index is 1200. The topological polar surface area (TPSA) is 88.7 Å². The fourth-order valence-electron chi connectivity index (χ4n) is 5.47. The minimum atomic E-state index is -0.380. The van der Waals surface area contributed by atoms with Crippen molar-refractivity contribution in [3.05, 3.63) is 58.6 Å². The van der Waals surface area contributed by atoms with Gasteiger partial charge >= 0.3 is 5.76 Å². The van der Waals surface area contributed by atoms with Crippen molar-refractivity contribution in [3.63, 3.8) is 0 Å². The van der Waals surface area contributed by atoms with Crippen LogP contribution in [-0.4, -0.2) is 54.7 Å². The predicted octanol–water partition coefficient (Wildman–Crippen LogP) is 2.64. The molecule has 1 aromatic heterocycles. The quantitative estimate of drug-likeness (QED) is 0.600. The zero-order chi connectivity index (χ0) is 22.9. The van der Waals surface area contributed by atoms with Gasteiger partial charge in [-0.05, 0) is 55.6 Å². The molecule has 0 spiro atoms. The van der Waals surface area contributed by atoms with E-state index in [1.807, 2.05) is 31.2 Å². The number of ether oxygens (including phenoxy) is 1. The first-order valence-electron chi connectivity index (χ1n) is 11.6. The Morgan fingerprint density at radius 3 is 2.82 bits per heavy atom. The third-order valence-electron chi connectivity index (χ3n) is 7.07. The fraction of sp³-hybridized carbons (Fsp3) is 0.440. The molecule has 2 aliphatic heterocycles. The second kappa shape index (κ2) is 9.03. The maximum absolute atomic E-state index is 13.0. The number of aromatic nitrogens is 1. The number of piperidine rings is 1. The number of amides is 1. The number of fused-ring (bicyclic) bond motifs is 2. The van der Waals surface area contributed by atoms with E-state index in [1.165, 1.54) is 5.56 Å². The standard InChI is InChI=1S/C25H30N4O4/c1-3-29-22-9-6-17(12-23(22)33-25(29)31)27-24(30)15-28-14-20(19-13-26-11-10-21(19)28)16-4-7-18(32-2)8-5-16/h4-9,12,19-21,26H,3,10-11,13-15H2,1-2H3,(H,27,30)/t19-,20-,21-/m1/s1. The van der Waals surface area contributed by atoms with Crippen molar-refractivity contribution < 1.29 is 13.9 Å². The molecule has 0 saturated carbocycles. The predicted molar refractivity (Wildman–Crippen MR) is 127 cm³/mol. The third-order valence-corrected chi connectivity index (χ3v) is 7.07. The average molecular weight is 451 g/mol. The van der Waals surface area contributed by atoms with E-state index in [2.05, 4.69) is 27.7 Å². The van der Waals surface area contributed by atoms with Crippen molar-refractivity contribution in [3.8, 4) is 5.75 Å². The molecular formula is C25H30N4O4. The summed E-state index contributed by atoms with van der Waals surface area (Å²) < 4.78 is 12.2. The van der Waals surface area contributed by atoms with Crippen LogP contribution in [0, 0.1) is 5.92 Å². The number of rotatable bonds is 6. The van der Waals surface area contributed by atoms with Crippen LogP contribution in [0.3, 0.4) is 0 Å². The van der Waals surface area contributed by atoms with E-state index in [4.69, 9.17) is 9.15 Å². The molecule has 3 atom stereocenters. The highest BCUT2D eigenvalue weighted by molar-refractivity contribution is 5.94. The van der Waals surface area contributed by atoms with E-state index in [0.29, 0.717) is 42.2 Å². The number of nitrogens with zero attached hydrogens (tertiary/aromatic N) is 2. The first-order chi connectivity index (χ1) is 16.1. The lowest BCUT2D eigenvalue weighted by atomic mass is 9.82. The van der Waals surface area contributed by atoms with Gasteiger partial charge in [-0.2, -0.15) is 0 Å². The van der Waals surface area contributed by atoms with Crippen LogP contribution in [0.15, 0.2) is 51.7 Å². The van der Waals surface area contributed by atoms with Gasteiger partial charge in [-0.25, -0.2) is 4.79 Å². The summed E-state index contributed by atoms with van der Waals surface area (Å²) in [5.74, 6) is 1.27. The van der Waals surface area contributed by atoms with Crippen molar-refractivity contribution in [1.82, 2.24) is 14.8 Å². The highest BCUT2D eigenvalue weighted by atomic mass is 16.5. The number of aryl methyl sites for hydroxylation is 1. The Kier molecular flexibility index (Phi) is 5.95. The number of anilines is 1. The van der Waals surface area contributed by atoms with Crippen LogP contribution in [0.4, 0.5) is 5.69 Å². The Morgan fingerprint density at radius 2 is 2.06 bits per heavy atom. The van der Waals surface area contributed by atoms with E-state index in [9.17, 15) is 9.59 Å². The third kappa shape index (κ3) is 4.16. The summed E-state index contributed by atoms with van der Waals surface area (Å²) in [5.41, 5.74) is 3.15. The maximum atomic E-state index is 13.0. The van der Waals surface area contributed by atoms with Crippen molar-refractivity contribution in [2.75, 3.05) is 38.6 Å². The molecule has 2 fully saturated rings. The molecule has 2 N–H and O–H groups in total. The van der Waals surface area contributed by atoms with E-state index >= 15 is 0 Å². The van der Waals surface area contributed by atoms with E-state index in [-0.39, 0.29) is 11.7 Å². The zero-order valence-corrected chi connectivity index (χ0v) is 19.0. The maximum Gasteiger partial charge on any atom is 0.419 e. The van der Waals surface area contributed by atoms with Crippen molar-refractivity contribution in [1.29, 1.82) is 0 Å². The molecule has 33 heavy (non-hydrogen) atoms. The van der Waals surface area contributed by atoms with Crippen LogP contribution in [0.25, 0.3) is 11.1 Å². The van der Waals surface area contributed by atoms with Gasteiger partial charge in [-0.1, -0.05) is 12.1 Å². The summed E-state index contributed by atoms with van der Waals surface area (Å²) in [6.45, 7) is 5.56. The number of oxazole rings is 1. The van der Waals surface area contributed by atoms with Crippen molar-refractivity contribution >= 4 is 22.7 Å². The summed E-state index contributed by atoms with van der Waals surface area (Å²) in [4.78, 5) is 27.2. The molecule has 1 amide bonds. The summed E-state index contributed by atoms with van der Waals surface area (Å²) in [6, 6.07) is 14.0. The van der Waals surface area contributed by atoms with Crippen LogP contribution in [0.1, 0.15) is 24.8 Å². The molecule has 0 unspecified atom stereocenters. The van der Waals surface area contributed by atoms with Crippen LogP contribution < -0.4 is 21.1 Å². The molecule has 8 nitrogen and oxygen atoms in total. The van der Waals surface area contributed by atoms with Crippen LogP contribution in [0.5, 0.6) is 5.75 Å². The molecule has 174 valence electrons. The van der Waals surface area contributed by atoms with Gasteiger partial charge in [0.15, 0.2) is 5.58 Å². The van der Waals surface area contributed by atoms with Gasteiger partial charge < -0.3 is 19.8 Å². The number of hydrogen-bond acceptors (Lipinski definition) is 6. The summed E-state index contributed by atoms with van der Waals surface area (Å²) in [5, 5.41) is 6.52. The number of methoxy groups -OCH3 is 1. The summed E-state index contributed by atoms with van der Waals surface area (Å²) >= 11 is 0. The van der Waals surface area contributed by atoms with Gasteiger partial charge in [0.1, 0.15) is 5.75 Å². The molecule has 0 aliphatic carbocycles. The second-order valence-corrected chi connectivity index (χ2v) is 8.88. The number of benzene rings is 2. The highest BCUT2D eigenvalue weighted by Gasteiger charge is 2.43. The monoisotopic (exact) mass is 450 g/mol. The van der Waals surface area contributed by atoms with Gasteiger partial charge in [0.05, 0.1) is 19.2 Å². The first kappa shape index (κ1) is 21.7. The SMILES string of the molecule is CCn1c(=O)oc2cc(NC(=O)CN3C[C@H](c4ccc(OC)cc4)[C@H]4CNCC[C@H]43)ccc21. The number of nitrogens with one attached hydrogen (secondary N) is 2. The fourth-order valence-corrected chi connectivity index (χ4v) is 5.47. The number of carbonyl (C=O) groups excluding carboxylic acids is 1. The van der Waals surface area contributed by atoms with E-state index in [1.54, 1.807) is 17.7 Å². The van der Waals surface area contributed by atoms with Crippen LogP contribution >= 0.6 is 0 Å². The van der Waals surface area contributed by atoms with E-state index in [0.717, 1.165) is 37.3 Å². The van der Waals surface area contributed by atoms with Crippen LogP contribution in [0.2, 0.25) is 0 Å². The van der Waals surface area contributed by atoms with E-state index < -0.39 is 0 Å². The lowest BCUT2D eigenvalue weighted by Gasteiger charge is -2.33. The molecule has 2 aliphatic rings. The van der Waals surface area contributed by atoms with Crippen molar-refractivity contribution in [2.24, 2.45) is 5.92 Å². The average Bonchev–Trinajstić information content (AvgIpc) is 3.35. The molecular weight excluding hydrogens is 420 g/mol. The lowest BCUT2D eigenvalue weighted by Crippen LogP contribution is -2.46. The summed E-state index contributed by atoms with van der Waals surface area (Å²) in [7, 11) is 1.68. The van der Waals surface area contributed by atoms with Gasteiger partial charge in [0.25, 0.3) is 0 Å². The second-order valence-electron chi connectivity index (χ2n) is 8.88. The number of likely N-dealkylation sites (tertiary alicyclic amines) is 1. The molecule has 0 bridgehead atoms. The Labute approximate surface area is 192 Å². The summed E-state index contributed by atoms with van der Waals surface area (Å²) in [6.07, 6.45) is 1.03. The molecule has 8 heteroatoms. The van der Waals surface area contributed by atoms with Gasteiger partial charge in [0.2, 0.25) is 5.91 Å². The largest absolute Gasteiger partial charge is 0.497 e. The Morgan fingerprint density at radius 1 is 1.24 bits per heavy atom. The van der Waals surface area contributed by atoms with Gasteiger partial charge in [-0.15, -0.1) is 0 Å². The molecule has 5 rings (SSSR count). The van der Waals surface area contributed by atoms with Gasteiger partial charge in [-0.3, -0.25) is 14.3 Å². The molecule has 3 heterocycles. The molecule has 3 aromatic rings.